The van der Waals surface area contributed by atoms with E-state index in [0.717, 1.165) is 12.8 Å². The van der Waals surface area contributed by atoms with Crippen molar-refractivity contribution in [1.29, 1.82) is 0 Å². The van der Waals surface area contributed by atoms with Crippen molar-refractivity contribution in [1.82, 2.24) is 0 Å². The quantitative estimate of drug-likeness (QED) is 0.332. The van der Waals surface area contributed by atoms with Crippen LogP contribution >= 0.6 is 0 Å². The van der Waals surface area contributed by atoms with E-state index in [0.29, 0.717) is 18.4 Å². The number of benzene rings is 1. The first-order valence-corrected chi connectivity index (χ1v) is 14.6. The topological polar surface area (TPSA) is 61.8 Å². The van der Waals surface area contributed by atoms with Crippen molar-refractivity contribution in [3.05, 3.63) is 47.5 Å². The molecule has 0 saturated heterocycles. The fourth-order valence-corrected chi connectivity index (χ4v) is 7.08. The van der Waals surface area contributed by atoms with Crippen LogP contribution in [0.25, 0.3) is 0 Å². The first-order valence-electron chi connectivity index (χ1n) is 11.7. The van der Waals surface area contributed by atoms with Crippen LogP contribution in [0.3, 0.4) is 0 Å². The molecule has 6 heteroatoms. The van der Waals surface area contributed by atoms with E-state index >= 15 is 0 Å². The van der Waals surface area contributed by atoms with Crippen LogP contribution in [0.15, 0.2) is 42.0 Å². The Morgan fingerprint density at radius 3 is 2.44 bits per heavy atom. The van der Waals surface area contributed by atoms with Gasteiger partial charge in [-0.05, 0) is 55.9 Å². The second kappa shape index (κ2) is 8.14. The molecule has 32 heavy (non-hydrogen) atoms. The predicted octanol–water partition coefficient (Wildman–Crippen LogP) is 5.52. The average Bonchev–Trinajstić information content (AvgIpc) is 3.19. The highest BCUT2D eigenvalue weighted by Gasteiger charge is 2.64. The Balaban J connectivity index is 1.60. The van der Waals surface area contributed by atoms with E-state index in [4.69, 9.17) is 13.9 Å². The van der Waals surface area contributed by atoms with Gasteiger partial charge in [-0.25, -0.2) is 4.79 Å². The first kappa shape index (κ1) is 23.2. The van der Waals surface area contributed by atoms with Crippen LogP contribution in [0.4, 0.5) is 0 Å². The van der Waals surface area contributed by atoms with E-state index in [9.17, 15) is 9.59 Å². The van der Waals surface area contributed by atoms with Crippen molar-refractivity contribution in [2.45, 2.75) is 76.8 Å². The zero-order chi connectivity index (χ0) is 23.3. The summed E-state index contributed by atoms with van der Waals surface area (Å²) in [6, 6.07) is 9.08. The summed E-state index contributed by atoms with van der Waals surface area (Å²) in [6.07, 6.45) is 5.02. The summed E-state index contributed by atoms with van der Waals surface area (Å²) in [5.74, 6) is -0.576. The zero-order valence-electron chi connectivity index (χ0n) is 20.1. The molecule has 0 aliphatic heterocycles. The molecule has 3 aliphatic rings. The van der Waals surface area contributed by atoms with Crippen LogP contribution in [0.5, 0.6) is 0 Å². The van der Waals surface area contributed by atoms with Crippen LogP contribution in [-0.4, -0.2) is 39.6 Å². The number of carbonyl (C=O) groups excluding carboxylic acids is 2. The standard InChI is InChI=1S/C26H36O5Si/c1-25(2,3)32(5,6)31-20-12-13-26(24(28)29-4)16-19-14-18(15-20)21(26)22(19)30-23(27)17-10-8-7-9-11-17/h7-11,14,19-22H,12-13,15-16H2,1-6H3/t19-,20-,21-,22-,26-/m1/s1. The number of ether oxygens (including phenoxy) is 2. The third kappa shape index (κ3) is 3.85. The molecule has 0 amide bonds. The molecule has 0 N–H and O–H groups in total. The van der Waals surface area contributed by atoms with Crippen LogP contribution in [0.1, 0.15) is 56.8 Å². The maximum atomic E-state index is 13.1. The minimum Gasteiger partial charge on any atom is -0.469 e. The van der Waals surface area contributed by atoms with Crippen molar-refractivity contribution in [3.63, 3.8) is 0 Å². The Hall–Kier alpha value is -1.92. The average molecular weight is 457 g/mol. The Morgan fingerprint density at radius 1 is 1.12 bits per heavy atom. The number of carbonyl (C=O) groups is 2. The van der Waals surface area contributed by atoms with Crippen molar-refractivity contribution in [2.75, 3.05) is 7.11 Å². The maximum absolute atomic E-state index is 13.1. The Kier molecular flexibility index (Phi) is 5.91. The third-order valence-electron chi connectivity index (χ3n) is 8.26. The SMILES string of the molecule is COC(=O)[C@]12CC[C@@H](O[Si](C)(C)C(C)(C)C)CC3=C[C@H](C1)[C@@H](OC(=O)c1ccccc1)[C@@H]32. The normalized spacial score (nSPS) is 31.6. The molecule has 0 spiro atoms. The molecule has 0 radical (unpaired) electrons. The molecule has 174 valence electrons. The first-order chi connectivity index (χ1) is 15.0. The molecule has 2 fully saturated rings. The summed E-state index contributed by atoms with van der Waals surface area (Å²) in [4.78, 5) is 26.0. The highest BCUT2D eigenvalue weighted by Crippen LogP contribution is 2.62. The number of fused-ring (bicyclic) bond motifs is 1. The summed E-state index contributed by atoms with van der Waals surface area (Å²) < 4.78 is 18.1. The Labute approximate surface area is 192 Å². The Bertz CT molecular complexity index is 916. The van der Waals surface area contributed by atoms with E-state index in [1.807, 2.05) is 18.2 Å². The molecular formula is C26H36O5Si. The minimum atomic E-state index is -1.94. The number of hydrogen-bond donors (Lipinski definition) is 0. The maximum Gasteiger partial charge on any atom is 0.338 e. The van der Waals surface area contributed by atoms with Gasteiger partial charge in [-0.1, -0.05) is 50.6 Å². The highest BCUT2D eigenvalue weighted by atomic mass is 28.4. The largest absolute Gasteiger partial charge is 0.469 e. The van der Waals surface area contributed by atoms with Gasteiger partial charge >= 0.3 is 11.9 Å². The van der Waals surface area contributed by atoms with Gasteiger partial charge in [0.15, 0.2) is 8.32 Å². The van der Waals surface area contributed by atoms with E-state index in [1.54, 1.807) is 12.1 Å². The lowest BCUT2D eigenvalue weighted by atomic mass is 9.70. The molecule has 0 unspecified atom stereocenters. The molecule has 1 aromatic rings. The minimum absolute atomic E-state index is 0.0494. The monoisotopic (exact) mass is 456 g/mol. The van der Waals surface area contributed by atoms with Gasteiger partial charge in [0.2, 0.25) is 0 Å². The Morgan fingerprint density at radius 2 is 1.81 bits per heavy atom. The summed E-state index contributed by atoms with van der Waals surface area (Å²) >= 11 is 0. The van der Waals surface area contributed by atoms with Gasteiger partial charge in [-0.2, -0.15) is 0 Å². The number of methoxy groups -OCH3 is 1. The molecular weight excluding hydrogens is 420 g/mol. The van der Waals surface area contributed by atoms with Crippen LogP contribution in [0.2, 0.25) is 18.1 Å². The molecule has 4 rings (SSSR count). The van der Waals surface area contributed by atoms with Crippen molar-refractivity contribution >= 4 is 20.3 Å². The molecule has 2 bridgehead atoms. The van der Waals surface area contributed by atoms with E-state index in [1.165, 1.54) is 12.7 Å². The second-order valence-electron chi connectivity index (χ2n) is 11.2. The molecule has 0 aromatic heterocycles. The van der Waals surface area contributed by atoms with E-state index < -0.39 is 13.7 Å². The highest BCUT2D eigenvalue weighted by molar-refractivity contribution is 6.74. The lowest BCUT2D eigenvalue weighted by molar-refractivity contribution is -0.156. The molecule has 2 saturated carbocycles. The molecule has 5 atom stereocenters. The van der Waals surface area contributed by atoms with E-state index in [2.05, 4.69) is 39.9 Å². The fraction of sp³-hybridized carbons (Fsp3) is 0.615. The van der Waals surface area contributed by atoms with Gasteiger partial charge in [0.25, 0.3) is 0 Å². The summed E-state index contributed by atoms with van der Waals surface area (Å²) in [7, 11) is -0.479. The van der Waals surface area contributed by atoms with E-state index in [-0.39, 0.29) is 41.0 Å². The van der Waals surface area contributed by atoms with Gasteiger partial charge in [-0.15, -0.1) is 0 Å². The second-order valence-corrected chi connectivity index (χ2v) is 16.0. The van der Waals surface area contributed by atoms with Crippen LogP contribution in [0, 0.1) is 17.3 Å². The van der Waals surface area contributed by atoms with Crippen molar-refractivity contribution < 1.29 is 23.5 Å². The lowest BCUT2D eigenvalue weighted by Crippen LogP contribution is -2.44. The van der Waals surface area contributed by atoms with Crippen LogP contribution in [-0.2, 0) is 18.7 Å². The third-order valence-corrected chi connectivity index (χ3v) is 12.8. The fourth-order valence-electron chi connectivity index (χ4n) is 5.69. The number of esters is 2. The molecule has 3 aliphatic carbocycles. The molecule has 5 nitrogen and oxygen atoms in total. The molecule has 1 aromatic carbocycles. The zero-order valence-corrected chi connectivity index (χ0v) is 21.1. The molecule has 0 heterocycles. The summed E-state index contributed by atoms with van der Waals surface area (Å²) in [5.41, 5.74) is 1.12. The van der Waals surface area contributed by atoms with Crippen molar-refractivity contribution in [2.24, 2.45) is 17.3 Å². The summed E-state index contributed by atoms with van der Waals surface area (Å²) in [6.45, 7) is 11.3. The van der Waals surface area contributed by atoms with Gasteiger partial charge in [-0.3, -0.25) is 4.79 Å². The van der Waals surface area contributed by atoms with Crippen molar-refractivity contribution in [3.8, 4) is 0 Å². The predicted molar refractivity (Wildman–Crippen MR) is 126 cm³/mol. The van der Waals surface area contributed by atoms with Gasteiger partial charge in [0, 0.05) is 17.9 Å². The van der Waals surface area contributed by atoms with Gasteiger partial charge in [0.1, 0.15) is 6.10 Å². The lowest BCUT2D eigenvalue weighted by Gasteiger charge is -2.39. The van der Waals surface area contributed by atoms with Gasteiger partial charge < -0.3 is 13.9 Å². The van der Waals surface area contributed by atoms with Gasteiger partial charge in [0.05, 0.1) is 18.1 Å². The summed E-state index contributed by atoms with van der Waals surface area (Å²) in [5, 5.41) is 0.124. The number of hydrogen-bond acceptors (Lipinski definition) is 5. The number of rotatable bonds is 5. The smallest absolute Gasteiger partial charge is 0.338 e. The van der Waals surface area contributed by atoms with Crippen LogP contribution < -0.4 is 0 Å².